The molecule has 8 heteroatoms. The van der Waals surface area contributed by atoms with Crippen molar-refractivity contribution in [1.29, 1.82) is 0 Å². The van der Waals surface area contributed by atoms with E-state index in [9.17, 15) is 4.79 Å². The van der Waals surface area contributed by atoms with Crippen molar-refractivity contribution in [3.63, 3.8) is 0 Å². The van der Waals surface area contributed by atoms with E-state index in [1.807, 2.05) is 24.3 Å². The van der Waals surface area contributed by atoms with Gasteiger partial charge in [0.25, 0.3) is 5.91 Å². The molecule has 27 heavy (non-hydrogen) atoms. The van der Waals surface area contributed by atoms with Crippen molar-refractivity contribution in [3.05, 3.63) is 42.0 Å². The van der Waals surface area contributed by atoms with Gasteiger partial charge in [-0.1, -0.05) is 12.1 Å². The first-order chi connectivity index (χ1) is 13.2. The van der Waals surface area contributed by atoms with Crippen molar-refractivity contribution in [2.75, 3.05) is 39.3 Å². The lowest BCUT2D eigenvalue weighted by Gasteiger charge is -2.20. The minimum Gasteiger partial charge on any atom is -0.495 e. The van der Waals surface area contributed by atoms with Gasteiger partial charge in [-0.2, -0.15) is 5.10 Å². The first-order valence-corrected chi connectivity index (χ1v) is 8.37. The lowest BCUT2D eigenvalue weighted by Crippen LogP contribution is -2.26. The van der Waals surface area contributed by atoms with Gasteiger partial charge in [-0.05, 0) is 24.3 Å². The highest BCUT2D eigenvalue weighted by molar-refractivity contribution is 5.85. The average molecular weight is 371 g/mol. The Morgan fingerprint density at radius 2 is 1.93 bits per heavy atom. The highest BCUT2D eigenvalue weighted by Gasteiger charge is 2.17. The van der Waals surface area contributed by atoms with Gasteiger partial charge in [0.05, 0.1) is 32.7 Å². The number of methoxy groups -OCH3 is 2. The Bertz CT molecular complexity index is 821. The quantitative estimate of drug-likeness (QED) is 0.572. The number of ether oxygens (including phenoxy) is 4. The molecule has 3 rings (SSSR count). The van der Waals surface area contributed by atoms with Crippen LogP contribution in [0.2, 0.25) is 0 Å². The van der Waals surface area contributed by atoms with Crippen LogP contribution in [-0.4, -0.2) is 46.1 Å². The zero-order valence-electron chi connectivity index (χ0n) is 15.2. The number of nitrogens with one attached hydrogen (secondary N) is 2. The topological polar surface area (TPSA) is 90.4 Å². The van der Waals surface area contributed by atoms with Crippen molar-refractivity contribution in [3.8, 4) is 23.0 Å². The van der Waals surface area contributed by atoms with E-state index >= 15 is 0 Å². The van der Waals surface area contributed by atoms with E-state index in [2.05, 4.69) is 15.8 Å². The largest absolute Gasteiger partial charge is 0.495 e. The van der Waals surface area contributed by atoms with E-state index < -0.39 is 0 Å². The van der Waals surface area contributed by atoms with Crippen molar-refractivity contribution < 1.29 is 23.7 Å². The second kappa shape index (κ2) is 8.79. The standard InChI is InChI=1S/C19H21N3O5/c1-24-15-6-4-3-5-14(15)20-12-18(23)22-21-11-13-9-16(25-2)19-17(10-13)26-7-8-27-19/h3-6,9-11,20H,7-8,12H2,1-2H3,(H,22,23)/b21-11-. The van der Waals surface area contributed by atoms with E-state index in [1.54, 1.807) is 26.4 Å². The zero-order valence-corrected chi connectivity index (χ0v) is 15.2. The van der Waals surface area contributed by atoms with Crippen molar-refractivity contribution >= 4 is 17.8 Å². The molecule has 2 aromatic rings. The molecule has 142 valence electrons. The lowest BCUT2D eigenvalue weighted by atomic mass is 10.2. The molecule has 0 unspecified atom stereocenters. The summed E-state index contributed by atoms with van der Waals surface area (Å²) >= 11 is 0. The molecule has 0 aliphatic carbocycles. The second-order valence-electron chi connectivity index (χ2n) is 5.59. The summed E-state index contributed by atoms with van der Waals surface area (Å²) in [7, 11) is 3.13. The number of para-hydroxylation sites is 2. The van der Waals surface area contributed by atoms with Gasteiger partial charge in [-0.15, -0.1) is 0 Å². The number of carbonyl (C=O) groups excluding carboxylic acids is 1. The first kappa shape index (κ1) is 18.4. The average Bonchev–Trinajstić information content (AvgIpc) is 2.71. The van der Waals surface area contributed by atoms with E-state index in [4.69, 9.17) is 18.9 Å². The van der Waals surface area contributed by atoms with Crippen LogP contribution in [-0.2, 0) is 4.79 Å². The fourth-order valence-electron chi connectivity index (χ4n) is 2.55. The van der Waals surface area contributed by atoms with Gasteiger partial charge in [-0.3, -0.25) is 4.79 Å². The van der Waals surface area contributed by atoms with Crippen LogP contribution >= 0.6 is 0 Å². The number of hydrazone groups is 1. The summed E-state index contributed by atoms with van der Waals surface area (Å²) in [5.74, 6) is 2.09. The third-order valence-electron chi connectivity index (χ3n) is 3.80. The van der Waals surface area contributed by atoms with Gasteiger partial charge in [0.2, 0.25) is 5.75 Å². The normalized spacial score (nSPS) is 12.5. The lowest BCUT2D eigenvalue weighted by molar-refractivity contribution is -0.119. The van der Waals surface area contributed by atoms with Crippen molar-refractivity contribution in [2.24, 2.45) is 5.10 Å². The Hall–Kier alpha value is -3.42. The predicted molar refractivity (Wildman–Crippen MR) is 101 cm³/mol. The van der Waals surface area contributed by atoms with Gasteiger partial charge >= 0.3 is 0 Å². The van der Waals surface area contributed by atoms with Crippen molar-refractivity contribution in [2.45, 2.75) is 0 Å². The summed E-state index contributed by atoms with van der Waals surface area (Å²) in [6.07, 6.45) is 1.52. The molecule has 0 aromatic heterocycles. The zero-order chi connectivity index (χ0) is 19.1. The Kier molecular flexibility index (Phi) is 5.98. The smallest absolute Gasteiger partial charge is 0.259 e. The molecule has 0 spiro atoms. The molecule has 0 bridgehead atoms. The van der Waals surface area contributed by atoms with Crippen LogP contribution in [0.4, 0.5) is 5.69 Å². The number of fused-ring (bicyclic) bond motifs is 1. The number of benzene rings is 2. The van der Waals surface area contributed by atoms with Crippen LogP contribution in [0.15, 0.2) is 41.5 Å². The summed E-state index contributed by atoms with van der Waals surface area (Å²) < 4.78 is 21.7. The number of nitrogens with zero attached hydrogens (tertiary/aromatic N) is 1. The van der Waals surface area contributed by atoms with E-state index in [0.29, 0.717) is 41.8 Å². The van der Waals surface area contributed by atoms with E-state index in [-0.39, 0.29) is 12.5 Å². The fraction of sp³-hybridized carbons (Fsp3) is 0.263. The molecule has 1 aliphatic heterocycles. The maximum Gasteiger partial charge on any atom is 0.259 e. The number of anilines is 1. The van der Waals surface area contributed by atoms with Crippen LogP contribution < -0.4 is 29.7 Å². The van der Waals surface area contributed by atoms with Gasteiger partial charge in [0.15, 0.2) is 11.5 Å². The summed E-state index contributed by atoms with van der Waals surface area (Å²) in [5, 5.41) is 6.98. The molecular weight excluding hydrogens is 350 g/mol. The molecule has 2 N–H and O–H groups in total. The molecule has 0 saturated carbocycles. The van der Waals surface area contributed by atoms with E-state index in [1.165, 1.54) is 6.21 Å². The molecule has 1 heterocycles. The first-order valence-electron chi connectivity index (χ1n) is 8.37. The summed E-state index contributed by atoms with van der Waals surface area (Å²) in [5.41, 5.74) is 3.92. The highest BCUT2D eigenvalue weighted by atomic mass is 16.6. The second-order valence-corrected chi connectivity index (χ2v) is 5.59. The third-order valence-corrected chi connectivity index (χ3v) is 3.80. The van der Waals surface area contributed by atoms with Crippen molar-refractivity contribution in [1.82, 2.24) is 5.43 Å². The van der Waals surface area contributed by atoms with Gasteiger partial charge in [0, 0.05) is 5.56 Å². The SMILES string of the molecule is COc1ccccc1NCC(=O)N/N=C\c1cc(OC)c2c(c1)OCCO2. The van der Waals surface area contributed by atoms with Gasteiger partial charge < -0.3 is 24.3 Å². The molecule has 1 amide bonds. The van der Waals surface area contributed by atoms with Crippen LogP contribution in [0.25, 0.3) is 0 Å². The van der Waals surface area contributed by atoms with Crippen LogP contribution in [0.1, 0.15) is 5.56 Å². The fourth-order valence-corrected chi connectivity index (χ4v) is 2.55. The number of rotatable bonds is 7. The van der Waals surface area contributed by atoms with E-state index in [0.717, 1.165) is 5.69 Å². The number of amides is 1. The number of hydrogen-bond acceptors (Lipinski definition) is 7. The minimum absolute atomic E-state index is 0.0577. The monoisotopic (exact) mass is 371 g/mol. The molecule has 0 fully saturated rings. The summed E-state index contributed by atoms with van der Waals surface area (Å²) in [6, 6.07) is 10.9. The molecule has 0 radical (unpaired) electrons. The van der Waals surface area contributed by atoms with Crippen LogP contribution in [0, 0.1) is 0 Å². The Labute approximate surface area is 157 Å². The summed E-state index contributed by atoms with van der Waals surface area (Å²) in [6.45, 7) is 1.01. The Morgan fingerprint density at radius 3 is 2.74 bits per heavy atom. The Balaban J connectivity index is 1.58. The van der Waals surface area contributed by atoms with Gasteiger partial charge in [-0.25, -0.2) is 5.43 Å². The summed E-state index contributed by atoms with van der Waals surface area (Å²) in [4.78, 5) is 12.0. The minimum atomic E-state index is -0.290. The van der Waals surface area contributed by atoms with Crippen LogP contribution in [0.5, 0.6) is 23.0 Å². The van der Waals surface area contributed by atoms with Gasteiger partial charge in [0.1, 0.15) is 19.0 Å². The number of hydrogen-bond donors (Lipinski definition) is 2. The number of carbonyl (C=O) groups is 1. The van der Waals surface area contributed by atoms with Crippen LogP contribution in [0.3, 0.4) is 0 Å². The maximum atomic E-state index is 12.0. The molecular formula is C19H21N3O5. The third kappa shape index (κ3) is 4.60. The molecule has 0 atom stereocenters. The Morgan fingerprint density at radius 1 is 1.15 bits per heavy atom. The molecule has 1 aliphatic rings. The highest BCUT2D eigenvalue weighted by Crippen LogP contribution is 2.39. The predicted octanol–water partition coefficient (Wildman–Crippen LogP) is 2.04. The molecule has 8 nitrogen and oxygen atoms in total. The maximum absolute atomic E-state index is 12.0. The molecule has 0 saturated heterocycles. The molecule has 2 aromatic carbocycles.